The summed E-state index contributed by atoms with van der Waals surface area (Å²) in [6.45, 7) is 4.12. The molecule has 1 unspecified atom stereocenters. The van der Waals surface area contributed by atoms with Crippen LogP contribution in [-0.2, 0) is 0 Å². The lowest BCUT2D eigenvalue weighted by Gasteiger charge is -2.27. The van der Waals surface area contributed by atoms with Crippen LogP contribution >= 0.6 is 0 Å². The first-order valence-electron chi connectivity index (χ1n) is 10.0. The molecule has 0 radical (unpaired) electrons. The van der Waals surface area contributed by atoms with Crippen molar-refractivity contribution in [3.63, 3.8) is 0 Å². The molecule has 0 spiro atoms. The number of hydrogen-bond acceptors (Lipinski definition) is 8. The molecule has 2 fully saturated rings. The van der Waals surface area contributed by atoms with Crippen LogP contribution in [0, 0.1) is 0 Å². The summed E-state index contributed by atoms with van der Waals surface area (Å²) in [5.74, 6) is 2.30. The van der Waals surface area contributed by atoms with E-state index in [1.165, 1.54) is 19.3 Å². The van der Waals surface area contributed by atoms with E-state index in [4.69, 9.17) is 4.52 Å². The van der Waals surface area contributed by atoms with E-state index in [1.807, 2.05) is 16.8 Å². The molecule has 146 valence electrons. The Morgan fingerprint density at radius 3 is 2.75 bits per heavy atom. The first kappa shape index (κ1) is 17.3. The summed E-state index contributed by atoms with van der Waals surface area (Å²) in [5, 5.41) is 12.0. The second-order valence-electron chi connectivity index (χ2n) is 7.42. The van der Waals surface area contributed by atoms with Crippen molar-refractivity contribution in [3.05, 3.63) is 24.7 Å². The molecule has 5 rings (SSSR count). The maximum atomic E-state index is 5.40. The van der Waals surface area contributed by atoms with E-state index in [0.29, 0.717) is 23.6 Å². The topological polar surface area (TPSA) is 97.8 Å². The Morgan fingerprint density at radius 2 is 1.96 bits per heavy atom. The van der Waals surface area contributed by atoms with Crippen molar-refractivity contribution < 1.29 is 4.52 Å². The van der Waals surface area contributed by atoms with Gasteiger partial charge in [-0.25, -0.2) is 14.6 Å². The van der Waals surface area contributed by atoms with Gasteiger partial charge in [-0.15, -0.1) is 5.10 Å². The summed E-state index contributed by atoms with van der Waals surface area (Å²) < 4.78 is 7.29. The minimum atomic E-state index is 0.323. The van der Waals surface area contributed by atoms with E-state index in [9.17, 15) is 0 Å². The van der Waals surface area contributed by atoms with Gasteiger partial charge in [-0.1, -0.05) is 5.16 Å². The van der Waals surface area contributed by atoms with Crippen LogP contribution in [-0.4, -0.2) is 56.1 Å². The second kappa shape index (κ2) is 7.67. The fourth-order valence-corrected chi connectivity index (χ4v) is 3.87. The molecule has 2 saturated heterocycles. The number of rotatable bonds is 4. The maximum Gasteiger partial charge on any atom is 0.297 e. The minimum absolute atomic E-state index is 0.323. The summed E-state index contributed by atoms with van der Waals surface area (Å²) in [6.07, 6.45) is 9.55. The summed E-state index contributed by atoms with van der Waals surface area (Å²) in [4.78, 5) is 15.7. The first-order chi connectivity index (χ1) is 13.9. The van der Waals surface area contributed by atoms with Crippen molar-refractivity contribution in [3.8, 4) is 23.1 Å². The molecule has 0 saturated carbocycles. The third kappa shape index (κ3) is 3.49. The van der Waals surface area contributed by atoms with Gasteiger partial charge in [-0.2, -0.15) is 4.98 Å². The van der Waals surface area contributed by atoms with Gasteiger partial charge in [0.25, 0.3) is 5.89 Å². The highest BCUT2D eigenvalue weighted by atomic mass is 16.5. The van der Waals surface area contributed by atoms with E-state index in [0.717, 1.165) is 50.4 Å². The lowest BCUT2D eigenvalue weighted by molar-refractivity contribution is 0.345. The molecule has 0 aromatic carbocycles. The lowest BCUT2D eigenvalue weighted by atomic mass is 10.1. The number of nitrogens with zero attached hydrogens (tertiary/aromatic N) is 7. The Bertz CT molecular complexity index is 906. The molecule has 2 aliphatic heterocycles. The van der Waals surface area contributed by atoms with Gasteiger partial charge < -0.3 is 14.7 Å². The summed E-state index contributed by atoms with van der Waals surface area (Å²) in [6, 6.07) is 4.34. The molecule has 0 amide bonds. The Hall–Kier alpha value is -2.81. The summed E-state index contributed by atoms with van der Waals surface area (Å²) in [7, 11) is 0. The number of piperidine rings is 2. The largest absolute Gasteiger partial charge is 0.357 e. The van der Waals surface area contributed by atoms with Gasteiger partial charge in [0.15, 0.2) is 0 Å². The lowest BCUT2D eigenvalue weighted by Crippen LogP contribution is -2.31. The van der Waals surface area contributed by atoms with Gasteiger partial charge in [-0.05, 0) is 50.8 Å². The highest BCUT2D eigenvalue weighted by molar-refractivity contribution is 5.57. The molecule has 1 N–H and O–H groups in total. The average molecular weight is 380 g/mol. The summed E-state index contributed by atoms with van der Waals surface area (Å²) >= 11 is 0. The van der Waals surface area contributed by atoms with E-state index >= 15 is 0 Å². The van der Waals surface area contributed by atoms with Crippen LogP contribution in [0.4, 0.5) is 5.82 Å². The average Bonchev–Trinajstić information content (AvgIpc) is 3.45. The minimum Gasteiger partial charge on any atom is -0.357 e. The Kier molecular flexibility index (Phi) is 4.74. The third-order valence-electron chi connectivity index (χ3n) is 5.46. The van der Waals surface area contributed by atoms with Gasteiger partial charge in [0.2, 0.25) is 11.6 Å². The van der Waals surface area contributed by atoms with Crippen LogP contribution in [0.25, 0.3) is 23.1 Å². The third-order valence-corrected chi connectivity index (χ3v) is 5.46. The van der Waals surface area contributed by atoms with E-state index in [-0.39, 0.29) is 0 Å². The second-order valence-corrected chi connectivity index (χ2v) is 7.42. The first-order valence-corrected chi connectivity index (χ1v) is 10.0. The number of nitrogens with one attached hydrogen (secondary N) is 1. The maximum absolute atomic E-state index is 5.40. The molecule has 1 atom stereocenters. The molecule has 0 bridgehead atoms. The van der Waals surface area contributed by atoms with Gasteiger partial charge >= 0.3 is 0 Å². The van der Waals surface area contributed by atoms with Gasteiger partial charge in [0, 0.05) is 31.4 Å². The standard InChI is InChI=1S/C19H24N8O/c1-2-9-26(10-3-1)16-7-6-14(11-21-16)17-23-19(28-25-17)18-22-13-27(24-18)15-5-4-8-20-12-15/h6-7,11,13,15,20H,1-5,8-10,12H2. The Labute approximate surface area is 163 Å². The molecule has 5 heterocycles. The molecule has 3 aromatic rings. The molecule has 2 aliphatic rings. The van der Waals surface area contributed by atoms with Crippen molar-refractivity contribution in [1.29, 1.82) is 0 Å². The van der Waals surface area contributed by atoms with E-state index in [1.54, 1.807) is 12.5 Å². The Balaban J connectivity index is 1.31. The molecule has 3 aromatic heterocycles. The number of aromatic nitrogens is 6. The molecule has 9 heteroatoms. The summed E-state index contributed by atoms with van der Waals surface area (Å²) in [5.41, 5.74) is 0.826. The van der Waals surface area contributed by atoms with Crippen molar-refractivity contribution in [2.24, 2.45) is 0 Å². The zero-order valence-corrected chi connectivity index (χ0v) is 15.8. The number of pyridine rings is 1. The van der Waals surface area contributed by atoms with Gasteiger partial charge in [0.1, 0.15) is 12.1 Å². The van der Waals surface area contributed by atoms with Crippen LogP contribution in [0.2, 0.25) is 0 Å². The van der Waals surface area contributed by atoms with Crippen LogP contribution in [0.15, 0.2) is 29.2 Å². The SMILES string of the molecule is c1cc(N2CCCCC2)ncc1-c1noc(-c2ncn(C3CCCNC3)n2)n1. The highest BCUT2D eigenvalue weighted by Crippen LogP contribution is 2.23. The Morgan fingerprint density at radius 1 is 1.04 bits per heavy atom. The molecular weight excluding hydrogens is 356 g/mol. The van der Waals surface area contributed by atoms with Crippen LogP contribution < -0.4 is 10.2 Å². The van der Waals surface area contributed by atoms with Crippen molar-refractivity contribution in [2.75, 3.05) is 31.1 Å². The van der Waals surface area contributed by atoms with Gasteiger partial charge in [0.05, 0.1) is 6.04 Å². The van der Waals surface area contributed by atoms with Crippen LogP contribution in [0.1, 0.15) is 38.1 Å². The van der Waals surface area contributed by atoms with Crippen molar-refractivity contribution in [2.45, 2.75) is 38.1 Å². The molecule has 0 aliphatic carbocycles. The van der Waals surface area contributed by atoms with Crippen LogP contribution in [0.3, 0.4) is 0 Å². The fourth-order valence-electron chi connectivity index (χ4n) is 3.87. The van der Waals surface area contributed by atoms with E-state index < -0.39 is 0 Å². The predicted octanol–water partition coefficient (Wildman–Crippen LogP) is 2.30. The number of anilines is 1. The smallest absolute Gasteiger partial charge is 0.297 e. The quantitative estimate of drug-likeness (QED) is 0.736. The fraction of sp³-hybridized carbons (Fsp3) is 0.526. The van der Waals surface area contributed by atoms with E-state index in [2.05, 4.69) is 35.4 Å². The molecule has 9 nitrogen and oxygen atoms in total. The normalized spacial score (nSPS) is 20.4. The number of hydrogen-bond donors (Lipinski definition) is 1. The van der Waals surface area contributed by atoms with Crippen molar-refractivity contribution >= 4 is 5.82 Å². The highest BCUT2D eigenvalue weighted by Gasteiger charge is 2.20. The zero-order valence-electron chi connectivity index (χ0n) is 15.8. The zero-order chi connectivity index (χ0) is 18.8. The molecule has 28 heavy (non-hydrogen) atoms. The monoisotopic (exact) mass is 380 g/mol. The van der Waals surface area contributed by atoms with Crippen LogP contribution in [0.5, 0.6) is 0 Å². The van der Waals surface area contributed by atoms with Crippen molar-refractivity contribution in [1.82, 2.24) is 35.2 Å². The molecular formula is C19H24N8O. The van der Waals surface area contributed by atoms with Gasteiger partial charge in [-0.3, -0.25) is 0 Å². The predicted molar refractivity (Wildman–Crippen MR) is 104 cm³/mol.